The number of unbranched alkanes of at least 4 members (excludes halogenated alkanes) is 31. The molecule has 0 radical (unpaired) electrons. The molecular weight excluding hydrogens is 807 g/mol. The van der Waals surface area contributed by atoms with E-state index in [2.05, 4.69) is 104 Å². The number of nitrogens with one attached hydrogen (secondary N) is 1. The minimum atomic E-state index is -0.661. The highest BCUT2D eigenvalue weighted by molar-refractivity contribution is 5.76. The Bertz CT molecular complexity index is 1180. The van der Waals surface area contributed by atoms with Crippen molar-refractivity contribution in [1.29, 1.82) is 0 Å². The van der Waals surface area contributed by atoms with Gasteiger partial charge < -0.3 is 15.5 Å². The first-order valence-electron chi connectivity index (χ1n) is 28.8. The Morgan fingerprint density at radius 1 is 0.379 bits per heavy atom. The van der Waals surface area contributed by atoms with Gasteiger partial charge in [0.1, 0.15) is 0 Å². The summed E-state index contributed by atoms with van der Waals surface area (Å²) in [7, 11) is 0. The molecule has 0 aliphatic rings. The van der Waals surface area contributed by atoms with Crippen LogP contribution in [0, 0.1) is 0 Å². The van der Waals surface area contributed by atoms with Gasteiger partial charge in [-0.25, -0.2) is 0 Å². The van der Waals surface area contributed by atoms with Crippen LogP contribution in [0.1, 0.15) is 284 Å². The predicted octanol–water partition coefficient (Wildman–Crippen LogP) is 19.1. The van der Waals surface area contributed by atoms with Crippen LogP contribution >= 0.6 is 0 Å². The molecule has 0 heterocycles. The maximum absolute atomic E-state index is 12.5. The summed E-state index contributed by atoms with van der Waals surface area (Å²) in [5.41, 5.74) is 0. The molecule has 66 heavy (non-hydrogen) atoms. The Balaban J connectivity index is 3.47. The first kappa shape index (κ1) is 63.6. The number of rotatable bonds is 52. The van der Waals surface area contributed by atoms with Gasteiger partial charge in [-0.2, -0.15) is 0 Å². The molecule has 2 atom stereocenters. The Kier molecular flexibility index (Phi) is 54.8. The van der Waals surface area contributed by atoms with Crippen LogP contribution < -0.4 is 5.32 Å². The number of aliphatic hydroxyl groups is 2. The Morgan fingerprint density at radius 2 is 0.667 bits per heavy atom. The van der Waals surface area contributed by atoms with Crippen molar-refractivity contribution < 1.29 is 15.0 Å². The van der Waals surface area contributed by atoms with Crippen molar-refractivity contribution in [3.8, 4) is 0 Å². The fourth-order valence-corrected chi connectivity index (χ4v) is 8.58. The average molecular weight is 919 g/mol. The first-order chi connectivity index (χ1) is 32.7. The zero-order valence-electron chi connectivity index (χ0n) is 43.9. The highest BCUT2D eigenvalue weighted by atomic mass is 16.3. The van der Waals surface area contributed by atoms with E-state index in [4.69, 9.17) is 0 Å². The fraction of sp³-hybridized carbons (Fsp3) is 0.758. The van der Waals surface area contributed by atoms with E-state index in [0.717, 1.165) is 70.6 Å². The van der Waals surface area contributed by atoms with Crippen LogP contribution in [0.15, 0.2) is 85.1 Å². The zero-order valence-corrected chi connectivity index (χ0v) is 43.9. The van der Waals surface area contributed by atoms with Gasteiger partial charge in [0, 0.05) is 6.42 Å². The van der Waals surface area contributed by atoms with Crippen LogP contribution in [0.2, 0.25) is 0 Å². The van der Waals surface area contributed by atoms with Crippen LogP contribution in [-0.2, 0) is 4.79 Å². The maximum Gasteiger partial charge on any atom is 0.220 e. The molecule has 0 rings (SSSR count). The second kappa shape index (κ2) is 56.9. The minimum absolute atomic E-state index is 0.0306. The van der Waals surface area contributed by atoms with E-state index < -0.39 is 12.1 Å². The Hall–Kier alpha value is -2.43. The normalized spacial score (nSPS) is 13.5. The number of carbonyl (C=O) groups is 1. The number of aliphatic hydroxyl groups excluding tert-OH is 2. The molecule has 0 aromatic carbocycles. The van der Waals surface area contributed by atoms with Gasteiger partial charge >= 0.3 is 0 Å². The standard InChI is InChI=1S/C62H111NO3/c1-3-5-7-9-11-13-15-17-19-20-21-22-23-24-25-26-27-28-29-30-31-32-33-34-35-36-37-38-39-40-41-42-44-46-48-50-52-54-56-58-62(66)63-60(59-64)61(65)57-55-53-51-49-47-45-43-18-16-14-12-10-8-6-4-2/h5,7,11,13,17,19,21-22,24-25,27-28,30-31,60-61,64-65H,3-4,6,8-10,12,14-16,18,20,23,26,29,32-59H2,1-2H3,(H,63,66)/b7-5-,13-11-,19-17-,22-21-,25-24-,28-27-,31-30-. The summed E-state index contributed by atoms with van der Waals surface area (Å²) >= 11 is 0. The topological polar surface area (TPSA) is 69.6 Å². The molecule has 1 amide bonds. The highest BCUT2D eigenvalue weighted by Crippen LogP contribution is 2.17. The van der Waals surface area contributed by atoms with E-state index in [-0.39, 0.29) is 12.5 Å². The summed E-state index contributed by atoms with van der Waals surface area (Å²) in [5, 5.41) is 23.3. The molecule has 0 saturated carbocycles. The smallest absolute Gasteiger partial charge is 0.220 e. The molecule has 382 valence electrons. The van der Waals surface area contributed by atoms with E-state index in [0.29, 0.717) is 12.8 Å². The fourth-order valence-electron chi connectivity index (χ4n) is 8.58. The van der Waals surface area contributed by atoms with Crippen molar-refractivity contribution in [3.05, 3.63) is 85.1 Å². The van der Waals surface area contributed by atoms with Gasteiger partial charge in [-0.3, -0.25) is 4.79 Å². The summed E-state index contributed by atoms with van der Waals surface area (Å²) in [4.78, 5) is 12.5. The van der Waals surface area contributed by atoms with E-state index in [1.54, 1.807) is 0 Å². The van der Waals surface area contributed by atoms with E-state index in [1.807, 2.05) is 0 Å². The summed E-state index contributed by atoms with van der Waals surface area (Å²) in [6.45, 7) is 4.25. The van der Waals surface area contributed by atoms with Crippen LogP contribution in [-0.4, -0.2) is 34.9 Å². The summed E-state index contributed by atoms with van der Waals surface area (Å²) < 4.78 is 0. The molecule has 3 N–H and O–H groups in total. The molecule has 0 aliphatic heterocycles. The lowest BCUT2D eigenvalue weighted by Crippen LogP contribution is -2.45. The minimum Gasteiger partial charge on any atom is -0.394 e. The SMILES string of the molecule is CC/C=C\C/C=C\C/C=C\C/C=C\C/C=C\C/C=C\C/C=C\CCCCCCCCCCCCCCCCCCCC(=O)NC(CO)C(O)CCCCCCCCCCCCCCCCC. The highest BCUT2D eigenvalue weighted by Gasteiger charge is 2.20. The number of carbonyl (C=O) groups excluding carboxylic acids is 1. The Labute approximate surface area is 411 Å². The number of hydrogen-bond donors (Lipinski definition) is 3. The number of hydrogen-bond acceptors (Lipinski definition) is 3. The average Bonchev–Trinajstić information content (AvgIpc) is 3.32. The van der Waals surface area contributed by atoms with Crippen LogP contribution in [0.5, 0.6) is 0 Å². The molecule has 4 nitrogen and oxygen atoms in total. The van der Waals surface area contributed by atoms with Crippen LogP contribution in [0.4, 0.5) is 0 Å². The number of amides is 1. The van der Waals surface area contributed by atoms with E-state index in [9.17, 15) is 15.0 Å². The molecule has 2 unspecified atom stereocenters. The van der Waals surface area contributed by atoms with Crippen molar-refractivity contribution in [2.45, 2.75) is 296 Å². The zero-order chi connectivity index (χ0) is 47.7. The molecule has 0 fully saturated rings. The summed E-state index contributed by atoms with van der Waals surface area (Å²) in [6.07, 6.45) is 82.9. The van der Waals surface area contributed by atoms with Crippen LogP contribution in [0.3, 0.4) is 0 Å². The third kappa shape index (κ3) is 52.5. The third-order valence-electron chi connectivity index (χ3n) is 12.9. The largest absolute Gasteiger partial charge is 0.394 e. The molecule has 0 aromatic heterocycles. The predicted molar refractivity (Wildman–Crippen MR) is 294 cm³/mol. The van der Waals surface area contributed by atoms with Crippen LogP contribution in [0.25, 0.3) is 0 Å². The lowest BCUT2D eigenvalue weighted by Gasteiger charge is -2.22. The quantitative estimate of drug-likeness (QED) is 0.0421. The molecular formula is C62H111NO3. The molecule has 0 bridgehead atoms. The monoisotopic (exact) mass is 918 g/mol. The lowest BCUT2D eigenvalue weighted by atomic mass is 10.0. The van der Waals surface area contributed by atoms with Gasteiger partial charge in [-0.1, -0.05) is 292 Å². The first-order valence-corrected chi connectivity index (χ1v) is 28.8. The summed E-state index contributed by atoms with van der Waals surface area (Å²) in [6, 6.07) is -0.538. The van der Waals surface area contributed by atoms with Gasteiger partial charge in [0.15, 0.2) is 0 Å². The van der Waals surface area contributed by atoms with Crippen molar-refractivity contribution >= 4 is 5.91 Å². The van der Waals surface area contributed by atoms with Gasteiger partial charge in [0.2, 0.25) is 5.91 Å². The third-order valence-corrected chi connectivity index (χ3v) is 12.9. The molecule has 0 spiro atoms. The molecule has 0 aliphatic carbocycles. The Morgan fingerprint density at radius 3 is 1.00 bits per heavy atom. The second-order valence-electron chi connectivity index (χ2n) is 19.3. The van der Waals surface area contributed by atoms with Crippen molar-refractivity contribution in [1.82, 2.24) is 5.32 Å². The van der Waals surface area contributed by atoms with Crippen molar-refractivity contribution in [2.75, 3.05) is 6.61 Å². The number of allylic oxidation sites excluding steroid dienone is 14. The van der Waals surface area contributed by atoms with Crippen molar-refractivity contribution in [3.63, 3.8) is 0 Å². The maximum atomic E-state index is 12.5. The van der Waals surface area contributed by atoms with Gasteiger partial charge in [-0.05, 0) is 70.6 Å². The molecule has 0 aromatic rings. The second-order valence-corrected chi connectivity index (χ2v) is 19.3. The molecule has 0 saturated heterocycles. The van der Waals surface area contributed by atoms with Gasteiger partial charge in [0.25, 0.3) is 0 Å². The summed E-state index contributed by atoms with van der Waals surface area (Å²) in [5.74, 6) is -0.0306. The van der Waals surface area contributed by atoms with Crippen molar-refractivity contribution in [2.24, 2.45) is 0 Å². The van der Waals surface area contributed by atoms with E-state index >= 15 is 0 Å². The van der Waals surface area contributed by atoms with E-state index in [1.165, 1.54) is 186 Å². The van der Waals surface area contributed by atoms with Gasteiger partial charge in [0.05, 0.1) is 18.8 Å². The lowest BCUT2D eigenvalue weighted by molar-refractivity contribution is -0.123. The van der Waals surface area contributed by atoms with Gasteiger partial charge in [-0.15, -0.1) is 0 Å². The molecule has 4 heteroatoms.